The highest BCUT2D eigenvalue weighted by Gasteiger charge is 2.22. The lowest BCUT2D eigenvalue weighted by Crippen LogP contribution is -2.23. The number of carbonyl (C=O) groups is 1. The predicted octanol–water partition coefficient (Wildman–Crippen LogP) is 2.07. The Bertz CT molecular complexity index is 1170. The van der Waals surface area contributed by atoms with Crippen LogP contribution in [0.5, 0.6) is 0 Å². The van der Waals surface area contributed by atoms with Gasteiger partial charge < -0.3 is 5.41 Å². The van der Waals surface area contributed by atoms with Crippen molar-refractivity contribution in [3.05, 3.63) is 47.3 Å². The molecule has 0 spiro atoms. The Hall–Kier alpha value is -3.25. The summed E-state index contributed by atoms with van der Waals surface area (Å²) in [5.74, 6) is -1.10. The quantitative estimate of drug-likeness (QED) is 0.381. The van der Waals surface area contributed by atoms with Gasteiger partial charge in [-0.2, -0.15) is 5.26 Å². The smallest absolute Gasteiger partial charge is 0.263 e. The lowest BCUT2D eigenvalue weighted by molar-refractivity contribution is -0.117. The van der Waals surface area contributed by atoms with Crippen molar-refractivity contribution in [1.82, 2.24) is 19.2 Å². The standard InChI is InChI=1S/C18H16N6O2S/c1-3-8-23-16(26)12-6-4-5-7-14(12)24-17(23)21-22-18(24)27-10-15(25)13(9-19)11(2)20/h3-7,13,20H,1,8,10H2,2H3. The van der Waals surface area contributed by atoms with Crippen LogP contribution in [0.3, 0.4) is 0 Å². The van der Waals surface area contributed by atoms with Crippen molar-refractivity contribution in [2.24, 2.45) is 5.92 Å². The molecule has 0 bridgehead atoms. The SMILES string of the molecule is C=CCn1c(=O)c2ccccc2n2c(SCC(=O)C(C#N)C(C)=N)nnc12. The Morgan fingerprint density at radius 2 is 2.19 bits per heavy atom. The van der Waals surface area contributed by atoms with Gasteiger partial charge in [0.1, 0.15) is 5.92 Å². The molecule has 2 heterocycles. The molecule has 1 atom stereocenters. The number of nitrogens with one attached hydrogen (secondary N) is 1. The molecule has 3 aromatic rings. The normalized spacial score (nSPS) is 12.0. The van der Waals surface area contributed by atoms with Crippen LogP contribution in [0.2, 0.25) is 0 Å². The number of para-hydroxylation sites is 1. The first-order valence-corrected chi connectivity index (χ1v) is 9.06. The fourth-order valence-electron chi connectivity index (χ4n) is 2.75. The fourth-order valence-corrected chi connectivity index (χ4v) is 3.60. The van der Waals surface area contributed by atoms with E-state index in [-0.39, 0.29) is 29.4 Å². The Morgan fingerprint density at radius 1 is 1.44 bits per heavy atom. The number of fused-ring (bicyclic) bond motifs is 3. The molecule has 0 aliphatic carbocycles. The summed E-state index contributed by atoms with van der Waals surface area (Å²) in [7, 11) is 0. The van der Waals surface area contributed by atoms with E-state index in [1.807, 2.05) is 12.1 Å². The second-order valence-corrected chi connectivity index (χ2v) is 6.78. The fraction of sp³-hybridized carbons (Fsp3) is 0.222. The molecule has 1 aromatic carbocycles. The van der Waals surface area contributed by atoms with Gasteiger partial charge in [0.05, 0.1) is 22.7 Å². The number of benzene rings is 1. The zero-order valence-electron chi connectivity index (χ0n) is 14.5. The van der Waals surface area contributed by atoms with Gasteiger partial charge in [0.15, 0.2) is 10.9 Å². The summed E-state index contributed by atoms with van der Waals surface area (Å²) < 4.78 is 3.19. The van der Waals surface area contributed by atoms with Gasteiger partial charge in [0, 0.05) is 12.3 Å². The van der Waals surface area contributed by atoms with Gasteiger partial charge in [0.2, 0.25) is 5.78 Å². The summed E-state index contributed by atoms with van der Waals surface area (Å²) in [5.41, 5.74) is 0.458. The first-order valence-electron chi connectivity index (χ1n) is 8.07. The second-order valence-electron chi connectivity index (χ2n) is 5.84. The van der Waals surface area contributed by atoms with Crippen molar-refractivity contribution in [2.45, 2.75) is 18.6 Å². The third-order valence-electron chi connectivity index (χ3n) is 4.02. The van der Waals surface area contributed by atoms with E-state index >= 15 is 0 Å². The molecule has 1 N–H and O–H groups in total. The molecule has 8 nitrogen and oxygen atoms in total. The van der Waals surface area contributed by atoms with E-state index in [0.717, 1.165) is 11.8 Å². The minimum atomic E-state index is -1.06. The lowest BCUT2D eigenvalue weighted by Gasteiger charge is -2.10. The van der Waals surface area contributed by atoms with Gasteiger partial charge in [-0.25, -0.2) is 0 Å². The van der Waals surface area contributed by atoms with Crippen LogP contribution in [0.25, 0.3) is 16.7 Å². The molecular formula is C18H16N6O2S. The first kappa shape index (κ1) is 18.5. The summed E-state index contributed by atoms with van der Waals surface area (Å²) in [6.45, 7) is 5.39. The molecule has 0 saturated heterocycles. The topological polar surface area (TPSA) is 117 Å². The van der Waals surface area contributed by atoms with Crippen molar-refractivity contribution in [2.75, 3.05) is 5.75 Å². The van der Waals surface area contributed by atoms with Gasteiger partial charge in [-0.1, -0.05) is 30.0 Å². The van der Waals surface area contributed by atoms with Crippen molar-refractivity contribution < 1.29 is 4.79 Å². The number of ketones is 1. The Labute approximate surface area is 158 Å². The van der Waals surface area contributed by atoms with Gasteiger partial charge in [-0.3, -0.25) is 18.6 Å². The summed E-state index contributed by atoms with van der Waals surface area (Å²) in [5, 5.41) is 25.8. The van der Waals surface area contributed by atoms with Crippen LogP contribution in [0.1, 0.15) is 6.92 Å². The van der Waals surface area contributed by atoms with E-state index in [1.165, 1.54) is 11.5 Å². The molecule has 136 valence electrons. The number of nitrogens with zero attached hydrogens (tertiary/aromatic N) is 5. The van der Waals surface area contributed by atoms with Gasteiger partial charge in [0.25, 0.3) is 5.56 Å². The van der Waals surface area contributed by atoms with Crippen LogP contribution in [-0.2, 0) is 11.3 Å². The largest absolute Gasteiger partial charge is 0.308 e. The van der Waals surface area contributed by atoms with Crippen LogP contribution in [-0.4, -0.2) is 36.4 Å². The van der Waals surface area contributed by atoms with Crippen LogP contribution in [0, 0.1) is 22.7 Å². The maximum absolute atomic E-state index is 12.7. The first-order chi connectivity index (χ1) is 13.0. The average Bonchev–Trinajstić information content (AvgIpc) is 3.07. The van der Waals surface area contributed by atoms with Crippen molar-refractivity contribution in [3.63, 3.8) is 0 Å². The number of hydrogen-bond donors (Lipinski definition) is 1. The van der Waals surface area contributed by atoms with E-state index in [1.54, 1.807) is 28.7 Å². The third-order valence-corrected chi connectivity index (χ3v) is 4.97. The predicted molar refractivity (Wildman–Crippen MR) is 103 cm³/mol. The highest BCUT2D eigenvalue weighted by Crippen LogP contribution is 2.22. The zero-order valence-corrected chi connectivity index (χ0v) is 15.4. The summed E-state index contributed by atoms with van der Waals surface area (Å²) in [6.07, 6.45) is 1.60. The van der Waals surface area contributed by atoms with Gasteiger partial charge in [-0.05, 0) is 19.1 Å². The zero-order chi connectivity index (χ0) is 19.6. The van der Waals surface area contributed by atoms with E-state index in [2.05, 4.69) is 16.8 Å². The molecule has 0 saturated carbocycles. The summed E-state index contributed by atoms with van der Waals surface area (Å²) >= 11 is 1.12. The molecule has 0 aliphatic heterocycles. The van der Waals surface area contributed by atoms with Crippen LogP contribution in [0.4, 0.5) is 0 Å². The number of rotatable bonds is 7. The number of hydrogen-bond acceptors (Lipinski definition) is 7. The summed E-state index contributed by atoms with van der Waals surface area (Å²) in [6, 6.07) is 8.94. The highest BCUT2D eigenvalue weighted by molar-refractivity contribution is 7.99. The van der Waals surface area contributed by atoms with Gasteiger partial charge >= 0.3 is 0 Å². The Morgan fingerprint density at radius 3 is 2.85 bits per heavy atom. The molecule has 0 fully saturated rings. The number of carbonyl (C=O) groups excluding carboxylic acids is 1. The van der Waals surface area contributed by atoms with Crippen LogP contribution < -0.4 is 5.56 Å². The number of Topliss-reactive ketones (excluding diaryl/α,β-unsaturated/α-hetero) is 1. The lowest BCUT2D eigenvalue weighted by atomic mass is 10.0. The van der Waals surface area contributed by atoms with Crippen molar-refractivity contribution in [3.8, 4) is 6.07 Å². The third kappa shape index (κ3) is 3.27. The molecule has 0 aliphatic rings. The number of aromatic nitrogens is 4. The van der Waals surface area contributed by atoms with E-state index in [0.29, 0.717) is 21.8 Å². The molecule has 0 radical (unpaired) electrons. The summed E-state index contributed by atoms with van der Waals surface area (Å²) in [4.78, 5) is 24.9. The Balaban J connectivity index is 2.09. The highest BCUT2D eigenvalue weighted by atomic mass is 32.2. The minimum absolute atomic E-state index is 0.0134. The maximum atomic E-state index is 12.7. The van der Waals surface area contributed by atoms with E-state index in [4.69, 9.17) is 10.7 Å². The molecule has 2 aromatic heterocycles. The molecule has 1 unspecified atom stereocenters. The Kier molecular flexibility index (Phi) is 5.19. The van der Waals surface area contributed by atoms with Gasteiger partial charge in [-0.15, -0.1) is 16.8 Å². The number of thioether (sulfide) groups is 1. The molecule has 27 heavy (non-hydrogen) atoms. The monoisotopic (exact) mass is 380 g/mol. The maximum Gasteiger partial charge on any atom is 0.263 e. The molecular weight excluding hydrogens is 364 g/mol. The minimum Gasteiger partial charge on any atom is -0.308 e. The van der Waals surface area contributed by atoms with Crippen LogP contribution >= 0.6 is 11.8 Å². The number of allylic oxidation sites excluding steroid dienone is 1. The van der Waals surface area contributed by atoms with Crippen molar-refractivity contribution in [1.29, 1.82) is 10.7 Å². The molecule has 9 heteroatoms. The van der Waals surface area contributed by atoms with E-state index in [9.17, 15) is 9.59 Å². The van der Waals surface area contributed by atoms with E-state index < -0.39 is 5.92 Å². The average molecular weight is 380 g/mol. The van der Waals surface area contributed by atoms with Crippen LogP contribution in [0.15, 0.2) is 46.9 Å². The molecule has 0 amide bonds. The second kappa shape index (κ2) is 7.55. The molecule has 3 rings (SSSR count). The number of nitriles is 1. The van der Waals surface area contributed by atoms with Crippen molar-refractivity contribution >= 4 is 39.9 Å².